The molecule has 1 aromatic heterocycles. The van der Waals surface area contributed by atoms with Gasteiger partial charge in [0.15, 0.2) is 0 Å². The minimum absolute atomic E-state index is 0.207. The Balaban J connectivity index is 2.02. The van der Waals surface area contributed by atoms with Crippen LogP contribution in [-0.2, 0) is 0 Å². The first-order valence-electron chi connectivity index (χ1n) is 6.49. The van der Waals surface area contributed by atoms with Crippen molar-refractivity contribution < 1.29 is 9.84 Å². The van der Waals surface area contributed by atoms with Crippen LogP contribution in [0.15, 0.2) is 36.7 Å². The number of rotatable bonds is 6. The van der Waals surface area contributed by atoms with E-state index in [2.05, 4.69) is 10.1 Å². The summed E-state index contributed by atoms with van der Waals surface area (Å²) in [4.78, 5) is 4.08. The van der Waals surface area contributed by atoms with Crippen LogP contribution in [0.1, 0.15) is 26.7 Å². The summed E-state index contributed by atoms with van der Waals surface area (Å²) in [6.07, 6.45) is 2.88. The molecule has 102 valence electrons. The van der Waals surface area contributed by atoms with Crippen LogP contribution in [0.25, 0.3) is 5.69 Å². The first-order valence-corrected chi connectivity index (χ1v) is 6.49. The van der Waals surface area contributed by atoms with E-state index in [0.29, 0.717) is 12.8 Å². The highest BCUT2D eigenvalue weighted by Gasteiger charge is 2.23. The predicted octanol–water partition coefficient (Wildman–Crippen LogP) is 2.20. The molecule has 0 fully saturated rings. The van der Waals surface area contributed by atoms with Crippen LogP contribution in [-0.4, -0.2) is 32.1 Å². The summed E-state index contributed by atoms with van der Waals surface area (Å²) in [5, 5.41) is 14.4. The second kappa shape index (κ2) is 5.84. The highest BCUT2D eigenvalue weighted by Crippen LogP contribution is 2.16. The van der Waals surface area contributed by atoms with Gasteiger partial charge < -0.3 is 9.84 Å². The van der Waals surface area contributed by atoms with Crippen molar-refractivity contribution in [1.29, 1.82) is 0 Å². The zero-order valence-corrected chi connectivity index (χ0v) is 11.3. The summed E-state index contributed by atoms with van der Waals surface area (Å²) < 4.78 is 7.11. The van der Waals surface area contributed by atoms with Crippen LogP contribution in [0, 0.1) is 0 Å². The molecule has 0 aliphatic carbocycles. The van der Waals surface area contributed by atoms with Gasteiger partial charge in [0.2, 0.25) is 0 Å². The van der Waals surface area contributed by atoms with Crippen LogP contribution in [0.5, 0.6) is 6.01 Å². The zero-order chi connectivity index (χ0) is 13.7. The van der Waals surface area contributed by atoms with E-state index >= 15 is 0 Å². The number of para-hydroxylation sites is 1. The van der Waals surface area contributed by atoms with E-state index in [0.717, 1.165) is 5.69 Å². The van der Waals surface area contributed by atoms with Crippen molar-refractivity contribution in [3.8, 4) is 11.7 Å². The van der Waals surface area contributed by atoms with Gasteiger partial charge >= 0.3 is 6.01 Å². The molecule has 2 rings (SSSR count). The van der Waals surface area contributed by atoms with E-state index in [4.69, 9.17) is 4.74 Å². The number of nitrogens with zero attached hydrogens (tertiary/aromatic N) is 3. The van der Waals surface area contributed by atoms with Crippen LogP contribution in [0.3, 0.4) is 0 Å². The first kappa shape index (κ1) is 13.5. The molecule has 0 unspecified atom stereocenters. The largest absolute Gasteiger partial charge is 0.459 e. The molecular formula is C14H19N3O2. The number of hydrogen-bond donors (Lipinski definition) is 1. The molecule has 0 amide bonds. The van der Waals surface area contributed by atoms with Crippen molar-refractivity contribution in [3.63, 3.8) is 0 Å². The standard InChI is InChI=1S/C14H19N3O2/c1-3-14(18,4-2)10-19-13-15-11-17(16-13)12-8-6-5-7-9-12/h5-9,11,18H,3-4,10H2,1-2H3. The van der Waals surface area contributed by atoms with E-state index in [-0.39, 0.29) is 12.6 Å². The molecule has 19 heavy (non-hydrogen) atoms. The molecule has 0 spiro atoms. The van der Waals surface area contributed by atoms with Crippen molar-refractivity contribution in [2.75, 3.05) is 6.61 Å². The summed E-state index contributed by atoms with van der Waals surface area (Å²) in [5.74, 6) is 0. The molecule has 0 radical (unpaired) electrons. The van der Waals surface area contributed by atoms with Crippen LogP contribution in [0.2, 0.25) is 0 Å². The molecule has 1 heterocycles. The third-order valence-electron chi connectivity index (χ3n) is 3.28. The molecule has 5 heteroatoms. The van der Waals surface area contributed by atoms with E-state index in [1.807, 2.05) is 44.2 Å². The van der Waals surface area contributed by atoms with E-state index in [1.165, 1.54) is 0 Å². The summed E-state index contributed by atoms with van der Waals surface area (Å²) >= 11 is 0. The summed E-state index contributed by atoms with van der Waals surface area (Å²) in [6, 6.07) is 9.97. The molecule has 0 aliphatic heterocycles. The zero-order valence-electron chi connectivity index (χ0n) is 11.3. The molecule has 0 saturated carbocycles. The maximum Gasteiger partial charge on any atom is 0.335 e. The van der Waals surface area contributed by atoms with Crippen molar-refractivity contribution in [3.05, 3.63) is 36.7 Å². The molecule has 0 atom stereocenters. The average molecular weight is 261 g/mol. The minimum Gasteiger partial charge on any atom is -0.459 e. The van der Waals surface area contributed by atoms with Gasteiger partial charge in [-0.25, -0.2) is 4.68 Å². The molecule has 2 aromatic rings. The predicted molar refractivity (Wildman–Crippen MR) is 72.4 cm³/mol. The van der Waals surface area contributed by atoms with Crippen LogP contribution in [0.4, 0.5) is 0 Å². The monoisotopic (exact) mass is 261 g/mol. The Labute approximate surface area is 112 Å². The lowest BCUT2D eigenvalue weighted by molar-refractivity contribution is -0.0140. The average Bonchev–Trinajstić information content (AvgIpc) is 2.95. The lowest BCUT2D eigenvalue weighted by Crippen LogP contribution is -2.34. The minimum atomic E-state index is -0.807. The summed E-state index contributed by atoms with van der Waals surface area (Å²) in [6.45, 7) is 4.07. The summed E-state index contributed by atoms with van der Waals surface area (Å²) in [5.41, 5.74) is 0.115. The SMILES string of the molecule is CCC(O)(CC)COc1ncn(-c2ccccc2)n1. The number of ether oxygens (including phenoxy) is 1. The topological polar surface area (TPSA) is 60.2 Å². The van der Waals surface area contributed by atoms with Gasteiger partial charge in [-0.3, -0.25) is 0 Å². The van der Waals surface area contributed by atoms with Gasteiger partial charge in [-0.05, 0) is 25.0 Å². The van der Waals surface area contributed by atoms with Crippen molar-refractivity contribution >= 4 is 0 Å². The number of benzene rings is 1. The van der Waals surface area contributed by atoms with Crippen LogP contribution < -0.4 is 4.74 Å². The fourth-order valence-electron chi connectivity index (χ4n) is 1.67. The Morgan fingerprint density at radius 3 is 2.53 bits per heavy atom. The van der Waals surface area contributed by atoms with Crippen LogP contribution >= 0.6 is 0 Å². The molecular weight excluding hydrogens is 242 g/mol. The lowest BCUT2D eigenvalue weighted by Gasteiger charge is -2.23. The van der Waals surface area contributed by atoms with Gasteiger partial charge in [-0.15, -0.1) is 5.10 Å². The van der Waals surface area contributed by atoms with Gasteiger partial charge in [-0.1, -0.05) is 32.0 Å². The Kier molecular flexibility index (Phi) is 4.16. The van der Waals surface area contributed by atoms with E-state index < -0.39 is 5.60 Å². The van der Waals surface area contributed by atoms with Gasteiger partial charge in [0.1, 0.15) is 12.9 Å². The van der Waals surface area contributed by atoms with Crippen molar-refractivity contribution in [1.82, 2.24) is 14.8 Å². The van der Waals surface area contributed by atoms with Gasteiger partial charge in [0, 0.05) is 0 Å². The Bertz CT molecular complexity index is 506. The molecule has 0 aliphatic rings. The van der Waals surface area contributed by atoms with Gasteiger partial charge in [0.25, 0.3) is 0 Å². The maximum absolute atomic E-state index is 10.1. The molecule has 1 N–H and O–H groups in total. The fourth-order valence-corrected chi connectivity index (χ4v) is 1.67. The number of aliphatic hydroxyl groups is 1. The Morgan fingerprint density at radius 2 is 1.89 bits per heavy atom. The Hall–Kier alpha value is -1.88. The maximum atomic E-state index is 10.1. The molecule has 5 nitrogen and oxygen atoms in total. The second-order valence-electron chi connectivity index (χ2n) is 4.53. The lowest BCUT2D eigenvalue weighted by atomic mass is 9.99. The number of hydrogen-bond acceptors (Lipinski definition) is 4. The number of aromatic nitrogens is 3. The second-order valence-corrected chi connectivity index (χ2v) is 4.53. The third-order valence-corrected chi connectivity index (χ3v) is 3.28. The molecule has 0 saturated heterocycles. The molecule has 1 aromatic carbocycles. The smallest absolute Gasteiger partial charge is 0.335 e. The summed E-state index contributed by atoms with van der Waals surface area (Å²) in [7, 11) is 0. The van der Waals surface area contributed by atoms with Gasteiger partial charge in [-0.2, -0.15) is 4.98 Å². The fraction of sp³-hybridized carbons (Fsp3) is 0.429. The van der Waals surface area contributed by atoms with Crippen molar-refractivity contribution in [2.24, 2.45) is 0 Å². The highest BCUT2D eigenvalue weighted by atomic mass is 16.5. The van der Waals surface area contributed by atoms with E-state index in [1.54, 1.807) is 11.0 Å². The van der Waals surface area contributed by atoms with Gasteiger partial charge in [0.05, 0.1) is 11.3 Å². The normalized spacial score (nSPS) is 11.5. The van der Waals surface area contributed by atoms with E-state index in [9.17, 15) is 5.11 Å². The Morgan fingerprint density at radius 1 is 1.21 bits per heavy atom. The first-order chi connectivity index (χ1) is 9.17. The third kappa shape index (κ3) is 3.32. The molecule has 0 bridgehead atoms. The highest BCUT2D eigenvalue weighted by molar-refractivity contribution is 5.29. The quantitative estimate of drug-likeness (QED) is 0.866. The van der Waals surface area contributed by atoms with Crippen molar-refractivity contribution in [2.45, 2.75) is 32.3 Å².